The van der Waals surface area contributed by atoms with Gasteiger partial charge in [0.1, 0.15) is 5.56 Å². The fraction of sp³-hybridized carbons (Fsp3) is 0.0741. The third-order valence-electron chi connectivity index (χ3n) is 5.50. The monoisotopic (exact) mass is 418 g/mol. The van der Waals surface area contributed by atoms with Crippen LogP contribution in [0.25, 0.3) is 28.2 Å². The van der Waals surface area contributed by atoms with Gasteiger partial charge in [-0.25, -0.2) is 9.50 Å². The SMILES string of the molecule is C[C@H](NC(=O)c1cnn2c(-c3ccccc3)cc(-c3ccccc3)nc12)c1ccccc1. The van der Waals surface area contributed by atoms with Crippen molar-refractivity contribution in [2.75, 3.05) is 0 Å². The number of amides is 1. The molecule has 0 aliphatic rings. The van der Waals surface area contributed by atoms with Gasteiger partial charge in [-0.15, -0.1) is 0 Å². The first-order valence-corrected chi connectivity index (χ1v) is 10.6. The lowest BCUT2D eigenvalue weighted by Gasteiger charge is -2.14. The van der Waals surface area contributed by atoms with Crippen molar-refractivity contribution < 1.29 is 4.79 Å². The number of nitrogens with one attached hydrogen (secondary N) is 1. The maximum atomic E-state index is 13.2. The van der Waals surface area contributed by atoms with E-state index in [9.17, 15) is 4.79 Å². The quantitative estimate of drug-likeness (QED) is 0.407. The minimum absolute atomic E-state index is 0.135. The summed E-state index contributed by atoms with van der Waals surface area (Å²) in [7, 11) is 0. The number of fused-ring (bicyclic) bond motifs is 1. The lowest BCUT2D eigenvalue weighted by Crippen LogP contribution is -2.26. The van der Waals surface area contributed by atoms with Crippen LogP contribution in [0.1, 0.15) is 28.9 Å². The van der Waals surface area contributed by atoms with Crippen molar-refractivity contribution >= 4 is 11.6 Å². The first-order valence-electron chi connectivity index (χ1n) is 10.6. The van der Waals surface area contributed by atoms with Gasteiger partial charge in [0.15, 0.2) is 5.65 Å². The van der Waals surface area contributed by atoms with E-state index in [1.807, 2.05) is 104 Å². The topological polar surface area (TPSA) is 59.3 Å². The predicted molar refractivity (Wildman–Crippen MR) is 126 cm³/mol. The molecule has 3 aromatic carbocycles. The second-order valence-corrected chi connectivity index (χ2v) is 7.66. The van der Waals surface area contributed by atoms with E-state index in [0.29, 0.717) is 11.2 Å². The summed E-state index contributed by atoms with van der Waals surface area (Å²) in [5, 5.41) is 7.60. The summed E-state index contributed by atoms with van der Waals surface area (Å²) in [4.78, 5) is 18.0. The van der Waals surface area contributed by atoms with Crippen LogP contribution in [0.15, 0.2) is 103 Å². The van der Waals surface area contributed by atoms with Gasteiger partial charge in [0.2, 0.25) is 0 Å². The molecule has 0 saturated carbocycles. The Balaban J connectivity index is 1.61. The van der Waals surface area contributed by atoms with E-state index in [4.69, 9.17) is 4.98 Å². The summed E-state index contributed by atoms with van der Waals surface area (Å²) in [6, 6.07) is 31.8. The Kier molecular flexibility index (Phi) is 5.22. The van der Waals surface area contributed by atoms with Crippen molar-refractivity contribution in [3.63, 3.8) is 0 Å². The Morgan fingerprint density at radius 2 is 1.44 bits per heavy atom. The average Bonchev–Trinajstić information content (AvgIpc) is 3.29. The van der Waals surface area contributed by atoms with E-state index in [-0.39, 0.29) is 11.9 Å². The average molecular weight is 419 g/mol. The number of carbonyl (C=O) groups excluding carboxylic acids is 1. The molecule has 1 N–H and O–H groups in total. The number of hydrogen-bond donors (Lipinski definition) is 1. The smallest absolute Gasteiger partial charge is 0.257 e. The highest BCUT2D eigenvalue weighted by molar-refractivity contribution is 6.00. The molecule has 0 spiro atoms. The predicted octanol–water partition coefficient (Wildman–Crippen LogP) is 5.55. The van der Waals surface area contributed by atoms with Crippen molar-refractivity contribution in [2.45, 2.75) is 13.0 Å². The van der Waals surface area contributed by atoms with Gasteiger partial charge < -0.3 is 5.32 Å². The van der Waals surface area contributed by atoms with Crippen LogP contribution in [-0.4, -0.2) is 20.5 Å². The second kappa shape index (κ2) is 8.47. The fourth-order valence-corrected chi connectivity index (χ4v) is 3.79. The standard InChI is InChI=1S/C27H22N4O/c1-19(20-11-5-2-6-12-20)29-27(32)23-18-28-31-25(22-15-9-4-10-16-22)17-24(30-26(23)31)21-13-7-3-8-14-21/h2-19H,1H3,(H,29,32)/t19-/m0/s1. The van der Waals surface area contributed by atoms with Gasteiger partial charge in [0.05, 0.1) is 23.6 Å². The van der Waals surface area contributed by atoms with Crippen LogP contribution in [0.4, 0.5) is 0 Å². The molecule has 5 rings (SSSR count). The molecule has 0 bridgehead atoms. The molecule has 0 radical (unpaired) electrons. The molecule has 5 heteroatoms. The van der Waals surface area contributed by atoms with E-state index >= 15 is 0 Å². The van der Waals surface area contributed by atoms with Gasteiger partial charge in [0.25, 0.3) is 5.91 Å². The van der Waals surface area contributed by atoms with E-state index in [0.717, 1.165) is 28.1 Å². The number of aromatic nitrogens is 3. The first-order chi connectivity index (χ1) is 15.7. The third-order valence-corrected chi connectivity index (χ3v) is 5.50. The molecule has 0 saturated heterocycles. The van der Waals surface area contributed by atoms with Gasteiger partial charge >= 0.3 is 0 Å². The molecule has 0 aliphatic carbocycles. The summed E-state index contributed by atoms with van der Waals surface area (Å²) in [5.41, 5.74) is 5.68. The van der Waals surface area contributed by atoms with Crippen LogP contribution in [0.2, 0.25) is 0 Å². The fourth-order valence-electron chi connectivity index (χ4n) is 3.79. The van der Waals surface area contributed by atoms with Crippen LogP contribution in [0, 0.1) is 0 Å². The molecular formula is C27H22N4O. The minimum atomic E-state index is -0.201. The zero-order chi connectivity index (χ0) is 21.9. The highest BCUT2D eigenvalue weighted by atomic mass is 16.1. The highest BCUT2D eigenvalue weighted by Crippen LogP contribution is 2.27. The Morgan fingerprint density at radius 3 is 2.09 bits per heavy atom. The molecular weight excluding hydrogens is 396 g/mol. The molecule has 2 heterocycles. The molecule has 0 aliphatic heterocycles. The largest absolute Gasteiger partial charge is 0.345 e. The summed E-state index contributed by atoms with van der Waals surface area (Å²) < 4.78 is 1.74. The van der Waals surface area contributed by atoms with Gasteiger partial charge in [-0.3, -0.25) is 4.79 Å². The zero-order valence-corrected chi connectivity index (χ0v) is 17.6. The van der Waals surface area contributed by atoms with Crippen LogP contribution < -0.4 is 5.32 Å². The van der Waals surface area contributed by atoms with Crippen LogP contribution in [0.3, 0.4) is 0 Å². The summed E-state index contributed by atoms with van der Waals surface area (Å²) in [6.07, 6.45) is 1.59. The number of rotatable bonds is 5. The van der Waals surface area contributed by atoms with Gasteiger partial charge in [-0.1, -0.05) is 91.0 Å². The van der Waals surface area contributed by atoms with Crippen molar-refractivity contribution in [1.82, 2.24) is 19.9 Å². The lowest BCUT2D eigenvalue weighted by molar-refractivity contribution is 0.0941. The Labute approximate surface area is 186 Å². The van der Waals surface area contributed by atoms with Crippen LogP contribution in [-0.2, 0) is 0 Å². The zero-order valence-electron chi connectivity index (χ0n) is 17.6. The van der Waals surface area contributed by atoms with Gasteiger partial charge in [0, 0.05) is 11.1 Å². The van der Waals surface area contributed by atoms with E-state index in [2.05, 4.69) is 10.4 Å². The first kappa shape index (κ1) is 19.7. The Hall–Kier alpha value is -4.25. The van der Waals surface area contributed by atoms with E-state index in [1.54, 1.807) is 10.7 Å². The summed E-state index contributed by atoms with van der Waals surface area (Å²) in [5.74, 6) is -0.201. The second-order valence-electron chi connectivity index (χ2n) is 7.66. The highest BCUT2D eigenvalue weighted by Gasteiger charge is 2.20. The summed E-state index contributed by atoms with van der Waals surface area (Å²) in [6.45, 7) is 1.97. The molecule has 32 heavy (non-hydrogen) atoms. The maximum absolute atomic E-state index is 13.2. The van der Waals surface area contributed by atoms with E-state index < -0.39 is 0 Å². The van der Waals surface area contributed by atoms with Crippen molar-refractivity contribution in [2.24, 2.45) is 0 Å². The van der Waals surface area contributed by atoms with Crippen molar-refractivity contribution in [3.05, 3.63) is 114 Å². The third kappa shape index (κ3) is 3.76. The number of nitrogens with zero attached hydrogens (tertiary/aromatic N) is 3. The molecule has 156 valence electrons. The lowest BCUT2D eigenvalue weighted by atomic mass is 10.1. The van der Waals surface area contributed by atoms with Gasteiger partial charge in [-0.2, -0.15) is 5.10 Å². The normalized spacial score (nSPS) is 11.9. The number of carbonyl (C=O) groups is 1. The van der Waals surface area contributed by atoms with E-state index in [1.165, 1.54) is 0 Å². The molecule has 0 unspecified atom stereocenters. The van der Waals surface area contributed by atoms with Crippen LogP contribution in [0.5, 0.6) is 0 Å². The van der Waals surface area contributed by atoms with Crippen molar-refractivity contribution in [3.8, 4) is 22.5 Å². The number of benzene rings is 3. The molecule has 0 fully saturated rings. The Morgan fingerprint density at radius 1 is 0.844 bits per heavy atom. The number of hydrogen-bond acceptors (Lipinski definition) is 3. The minimum Gasteiger partial charge on any atom is -0.345 e. The Bertz CT molecular complexity index is 1360. The summed E-state index contributed by atoms with van der Waals surface area (Å²) >= 11 is 0. The molecule has 5 aromatic rings. The molecule has 1 amide bonds. The molecule has 2 aromatic heterocycles. The molecule has 1 atom stereocenters. The van der Waals surface area contributed by atoms with Crippen LogP contribution >= 0.6 is 0 Å². The maximum Gasteiger partial charge on any atom is 0.257 e. The van der Waals surface area contributed by atoms with Gasteiger partial charge in [-0.05, 0) is 18.6 Å². The van der Waals surface area contributed by atoms with Crippen molar-refractivity contribution in [1.29, 1.82) is 0 Å². The molecule has 5 nitrogen and oxygen atoms in total.